The smallest absolute Gasteiger partial charge is 0.253 e. The van der Waals surface area contributed by atoms with Crippen molar-refractivity contribution in [3.63, 3.8) is 0 Å². The molecule has 1 aliphatic heterocycles. The highest BCUT2D eigenvalue weighted by Gasteiger charge is 2.28. The Hall–Kier alpha value is -3.26. The van der Waals surface area contributed by atoms with Crippen LogP contribution in [0, 0.1) is 0 Å². The monoisotopic (exact) mass is 487 g/mol. The van der Waals surface area contributed by atoms with Gasteiger partial charge in [-0.15, -0.1) is 0 Å². The number of ether oxygens (including phenoxy) is 2. The molecule has 0 aromatic heterocycles. The highest BCUT2D eigenvalue weighted by Crippen LogP contribution is 2.31. The molecule has 0 aliphatic carbocycles. The van der Waals surface area contributed by atoms with Crippen LogP contribution < -0.4 is 20.1 Å². The number of methoxy groups -OCH3 is 2. The number of para-hydroxylation sites is 1. The van der Waals surface area contributed by atoms with E-state index in [1.54, 1.807) is 42.3 Å². The number of benzene rings is 2. The second kappa shape index (κ2) is 11.7. The number of rotatable bonds is 8. The summed E-state index contributed by atoms with van der Waals surface area (Å²) in [5.74, 6) is 0.456. The molecule has 34 heavy (non-hydrogen) atoms. The Kier molecular flexibility index (Phi) is 8.76. The second-order valence-electron chi connectivity index (χ2n) is 8.19. The van der Waals surface area contributed by atoms with Crippen LogP contribution in [0.2, 0.25) is 5.02 Å². The van der Waals surface area contributed by atoms with Crippen LogP contribution in [0.15, 0.2) is 42.5 Å². The molecule has 3 rings (SSSR count). The zero-order valence-electron chi connectivity index (χ0n) is 19.6. The van der Waals surface area contributed by atoms with Crippen molar-refractivity contribution in [1.82, 2.24) is 15.5 Å². The topological polar surface area (TPSA) is 97.0 Å². The van der Waals surface area contributed by atoms with Gasteiger partial charge >= 0.3 is 0 Å². The molecule has 0 unspecified atom stereocenters. The molecule has 182 valence electrons. The third kappa shape index (κ3) is 6.41. The number of halogens is 1. The van der Waals surface area contributed by atoms with E-state index in [2.05, 4.69) is 10.6 Å². The van der Waals surface area contributed by atoms with Crippen molar-refractivity contribution in [2.24, 2.45) is 0 Å². The summed E-state index contributed by atoms with van der Waals surface area (Å²) >= 11 is 5.91. The van der Waals surface area contributed by atoms with Crippen LogP contribution in [0.1, 0.15) is 35.7 Å². The van der Waals surface area contributed by atoms with Crippen LogP contribution in [0.4, 0.5) is 0 Å². The maximum absolute atomic E-state index is 13.1. The van der Waals surface area contributed by atoms with Crippen LogP contribution in [0.3, 0.4) is 0 Å². The zero-order chi connectivity index (χ0) is 24.7. The molecule has 1 saturated heterocycles. The molecular formula is C25H30ClN3O5. The van der Waals surface area contributed by atoms with Gasteiger partial charge in [-0.2, -0.15) is 0 Å². The van der Waals surface area contributed by atoms with E-state index < -0.39 is 6.04 Å². The van der Waals surface area contributed by atoms with Crippen LogP contribution in [0.5, 0.6) is 11.5 Å². The van der Waals surface area contributed by atoms with E-state index >= 15 is 0 Å². The standard InChI is InChI=1S/C25H30ClN3O5/c1-16(30)27-21(15-18-5-4-6-22(33-2)23(18)34-3)24(31)28-20-11-13-29(14-12-20)25(32)17-7-9-19(26)10-8-17/h4-10,20-21H,11-15H2,1-3H3,(H,27,30)(H,28,31)/t21-/m1/s1. The Morgan fingerprint density at radius 2 is 1.74 bits per heavy atom. The first kappa shape index (κ1) is 25.4. The number of nitrogens with one attached hydrogen (secondary N) is 2. The number of carbonyl (C=O) groups is 3. The number of piperidine rings is 1. The fourth-order valence-electron chi connectivity index (χ4n) is 4.09. The van der Waals surface area contributed by atoms with Gasteiger partial charge in [0, 0.05) is 48.6 Å². The van der Waals surface area contributed by atoms with Crippen molar-refractivity contribution in [3.8, 4) is 11.5 Å². The summed E-state index contributed by atoms with van der Waals surface area (Å²) in [4.78, 5) is 39.4. The Morgan fingerprint density at radius 3 is 2.32 bits per heavy atom. The quantitative estimate of drug-likeness (QED) is 0.596. The first-order valence-electron chi connectivity index (χ1n) is 11.1. The largest absolute Gasteiger partial charge is 0.493 e. The molecule has 0 saturated carbocycles. The maximum Gasteiger partial charge on any atom is 0.253 e. The van der Waals surface area contributed by atoms with Gasteiger partial charge in [-0.1, -0.05) is 23.7 Å². The van der Waals surface area contributed by atoms with E-state index in [9.17, 15) is 14.4 Å². The van der Waals surface area contributed by atoms with Gasteiger partial charge in [0.1, 0.15) is 6.04 Å². The van der Waals surface area contributed by atoms with Crippen LogP contribution >= 0.6 is 11.6 Å². The van der Waals surface area contributed by atoms with Crippen molar-refractivity contribution < 1.29 is 23.9 Å². The normalized spacial score (nSPS) is 14.8. The summed E-state index contributed by atoms with van der Waals surface area (Å²) in [6.45, 7) is 2.44. The number of hydrogen-bond acceptors (Lipinski definition) is 5. The number of amides is 3. The Balaban J connectivity index is 1.62. The lowest BCUT2D eigenvalue weighted by Crippen LogP contribution is -2.53. The molecular weight excluding hydrogens is 458 g/mol. The van der Waals surface area contributed by atoms with Crippen LogP contribution in [-0.4, -0.2) is 62.0 Å². The zero-order valence-corrected chi connectivity index (χ0v) is 20.4. The molecule has 0 spiro atoms. The third-order valence-electron chi connectivity index (χ3n) is 5.82. The summed E-state index contributed by atoms with van der Waals surface area (Å²) in [6.07, 6.45) is 1.50. The third-order valence-corrected chi connectivity index (χ3v) is 6.07. The first-order valence-corrected chi connectivity index (χ1v) is 11.5. The van der Waals surface area contributed by atoms with Gasteiger partial charge in [-0.05, 0) is 43.2 Å². The lowest BCUT2D eigenvalue weighted by atomic mass is 10.0. The molecule has 2 aromatic rings. The highest BCUT2D eigenvalue weighted by atomic mass is 35.5. The number of nitrogens with zero attached hydrogens (tertiary/aromatic N) is 1. The van der Waals surface area contributed by atoms with Gasteiger partial charge in [-0.25, -0.2) is 0 Å². The minimum Gasteiger partial charge on any atom is -0.493 e. The van der Waals surface area contributed by atoms with Crippen molar-refractivity contribution in [1.29, 1.82) is 0 Å². The second-order valence-corrected chi connectivity index (χ2v) is 8.63. The molecule has 1 aliphatic rings. The molecule has 0 bridgehead atoms. The number of hydrogen-bond donors (Lipinski definition) is 2. The molecule has 2 aromatic carbocycles. The predicted molar refractivity (Wildman–Crippen MR) is 129 cm³/mol. The molecule has 9 heteroatoms. The summed E-state index contributed by atoms with van der Waals surface area (Å²) < 4.78 is 10.8. The molecule has 1 fully saturated rings. The van der Waals surface area contributed by atoms with Crippen molar-refractivity contribution >= 4 is 29.3 Å². The summed E-state index contributed by atoms with van der Waals surface area (Å²) in [7, 11) is 3.08. The Morgan fingerprint density at radius 1 is 1.06 bits per heavy atom. The van der Waals surface area contributed by atoms with Gasteiger partial charge < -0.3 is 25.0 Å². The molecule has 1 heterocycles. The summed E-state index contributed by atoms with van der Waals surface area (Å²) in [5.41, 5.74) is 1.34. The minimum atomic E-state index is -0.771. The molecule has 8 nitrogen and oxygen atoms in total. The van der Waals surface area contributed by atoms with Gasteiger partial charge in [0.15, 0.2) is 11.5 Å². The van der Waals surface area contributed by atoms with E-state index in [1.165, 1.54) is 14.0 Å². The molecule has 1 atom stereocenters. The highest BCUT2D eigenvalue weighted by molar-refractivity contribution is 6.30. The average molecular weight is 488 g/mol. The van der Waals surface area contributed by atoms with Crippen LogP contribution in [-0.2, 0) is 16.0 Å². The number of carbonyl (C=O) groups excluding carboxylic acids is 3. The first-order chi connectivity index (χ1) is 16.3. The van der Waals surface area contributed by atoms with Gasteiger partial charge in [0.05, 0.1) is 14.2 Å². The average Bonchev–Trinajstić information content (AvgIpc) is 2.83. The Labute approximate surface area is 204 Å². The van der Waals surface area contributed by atoms with E-state index in [4.69, 9.17) is 21.1 Å². The van der Waals surface area contributed by atoms with Gasteiger partial charge in [0.25, 0.3) is 5.91 Å². The van der Waals surface area contributed by atoms with Crippen molar-refractivity contribution in [2.45, 2.75) is 38.3 Å². The van der Waals surface area contributed by atoms with E-state index in [1.807, 2.05) is 12.1 Å². The molecule has 2 N–H and O–H groups in total. The fraction of sp³-hybridized carbons (Fsp3) is 0.400. The number of likely N-dealkylation sites (tertiary alicyclic amines) is 1. The predicted octanol–water partition coefficient (Wildman–Crippen LogP) is 2.83. The van der Waals surface area contributed by atoms with E-state index in [0.717, 1.165) is 5.56 Å². The lowest BCUT2D eigenvalue weighted by Gasteiger charge is -2.33. The Bertz CT molecular complexity index is 1020. The summed E-state index contributed by atoms with van der Waals surface area (Å²) in [6, 6.07) is 11.4. The lowest BCUT2D eigenvalue weighted by molar-refractivity contribution is -0.128. The van der Waals surface area contributed by atoms with E-state index in [0.29, 0.717) is 48.0 Å². The van der Waals surface area contributed by atoms with Crippen LogP contribution in [0.25, 0.3) is 0 Å². The van der Waals surface area contributed by atoms with Crippen molar-refractivity contribution in [2.75, 3.05) is 27.3 Å². The SMILES string of the molecule is COc1cccc(C[C@@H](NC(C)=O)C(=O)NC2CCN(C(=O)c3ccc(Cl)cc3)CC2)c1OC. The fourth-order valence-corrected chi connectivity index (χ4v) is 4.22. The molecule has 0 radical (unpaired) electrons. The summed E-state index contributed by atoms with van der Waals surface area (Å²) in [5, 5.41) is 6.35. The van der Waals surface area contributed by atoms with Gasteiger partial charge in [-0.3, -0.25) is 14.4 Å². The molecule has 3 amide bonds. The van der Waals surface area contributed by atoms with E-state index in [-0.39, 0.29) is 30.2 Å². The minimum absolute atomic E-state index is 0.0531. The maximum atomic E-state index is 13.1. The van der Waals surface area contributed by atoms with Crippen molar-refractivity contribution in [3.05, 3.63) is 58.6 Å². The van der Waals surface area contributed by atoms with Gasteiger partial charge in [0.2, 0.25) is 11.8 Å².